The van der Waals surface area contributed by atoms with E-state index < -0.39 is 0 Å². The highest BCUT2D eigenvalue weighted by molar-refractivity contribution is 5.46. The maximum Gasteiger partial charge on any atom is 0.231 e. The smallest absolute Gasteiger partial charge is 0.231 e. The van der Waals surface area contributed by atoms with Crippen LogP contribution in [-0.4, -0.2) is 13.4 Å². The highest BCUT2D eigenvalue weighted by Gasteiger charge is 2.18. The van der Waals surface area contributed by atoms with Gasteiger partial charge in [0.2, 0.25) is 6.79 Å². The van der Waals surface area contributed by atoms with E-state index in [2.05, 4.69) is 6.07 Å². The summed E-state index contributed by atoms with van der Waals surface area (Å²) in [5.74, 6) is 2.12. The third kappa shape index (κ3) is 3.24. The number of hydrogen-bond donors (Lipinski definition) is 0. The maximum atomic E-state index is 9.46. The molecular formula is C19H19NO3. The number of para-hydroxylation sites is 1. The summed E-state index contributed by atoms with van der Waals surface area (Å²) in [4.78, 5) is 0. The van der Waals surface area contributed by atoms with Crippen molar-refractivity contribution in [3.05, 3.63) is 53.1 Å². The highest BCUT2D eigenvalue weighted by atomic mass is 16.7. The van der Waals surface area contributed by atoms with Crippen LogP contribution in [0.25, 0.3) is 0 Å². The van der Waals surface area contributed by atoms with Crippen LogP contribution in [0.1, 0.15) is 29.0 Å². The first-order valence-corrected chi connectivity index (χ1v) is 7.67. The monoisotopic (exact) mass is 309 g/mol. The molecule has 0 fully saturated rings. The van der Waals surface area contributed by atoms with Crippen molar-refractivity contribution in [1.82, 2.24) is 0 Å². The number of nitrogens with zero attached hydrogens (tertiary/aromatic N) is 1. The van der Waals surface area contributed by atoms with Gasteiger partial charge in [0.05, 0.1) is 18.6 Å². The number of rotatable bonds is 5. The van der Waals surface area contributed by atoms with Gasteiger partial charge in [-0.3, -0.25) is 0 Å². The second-order valence-electron chi connectivity index (χ2n) is 5.65. The van der Waals surface area contributed by atoms with Gasteiger partial charge in [0.15, 0.2) is 11.5 Å². The van der Waals surface area contributed by atoms with Crippen molar-refractivity contribution in [3.8, 4) is 23.3 Å². The lowest BCUT2D eigenvalue weighted by Gasteiger charge is -2.14. The van der Waals surface area contributed by atoms with Crippen LogP contribution in [0.2, 0.25) is 0 Å². The summed E-state index contributed by atoms with van der Waals surface area (Å²) in [5, 5.41) is 9.46. The first-order chi connectivity index (χ1) is 11.2. The zero-order valence-electron chi connectivity index (χ0n) is 13.3. The highest BCUT2D eigenvalue weighted by Crippen LogP contribution is 2.35. The van der Waals surface area contributed by atoms with Crippen LogP contribution in [0, 0.1) is 25.2 Å². The Balaban J connectivity index is 1.65. The summed E-state index contributed by atoms with van der Waals surface area (Å²) in [7, 11) is 0. The first kappa shape index (κ1) is 15.2. The molecule has 1 atom stereocenters. The molecular weight excluding hydrogens is 290 g/mol. The third-order valence-corrected chi connectivity index (χ3v) is 4.02. The average Bonchev–Trinajstić information content (AvgIpc) is 3.01. The number of nitriles is 1. The fraction of sp³-hybridized carbons (Fsp3) is 0.316. The number of fused-ring (bicyclic) bond motifs is 1. The molecule has 3 rings (SSSR count). The van der Waals surface area contributed by atoms with Gasteiger partial charge in [-0.2, -0.15) is 5.26 Å². The lowest BCUT2D eigenvalue weighted by Crippen LogP contribution is -2.06. The molecule has 0 bridgehead atoms. The second-order valence-corrected chi connectivity index (χ2v) is 5.65. The van der Waals surface area contributed by atoms with Crippen LogP contribution in [-0.2, 0) is 0 Å². The van der Waals surface area contributed by atoms with Crippen molar-refractivity contribution in [2.75, 3.05) is 13.4 Å². The molecule has 23 heavy (non-hydrogen) atoms. The molecule has 0 aromatic heterocycles. The topological polar surface area (TPSA) is 51.5 Å². The summed E-state index contributed by atoms with van der Waals surface area (Å²) in [6.07, 6.45) is 0.629. The molecule has 0 saturated heterocycles. The second kappa shape index (κ2) is 6.62. The van der Waals surface area contributed by atoms with Crippen LogP contribution in [0.4, 0.5) is 0 Å². The van der Waals surface area contributed by atoms with Gasteiger partial charge in [-0.05, 0) is 42.7 Å². The Morgan fingerprint density at radius 1 is 1.13 bits per heavy atom. The molecule has 0 spiro atoms. The van der Waals surface area contributed by atoms with Crippen molar-refractivity contribution < 1.29 is 14.2 Å². The van der Waals surface area contributed by atoms with Crippen molar-refractivity contribution in [2.45, 2.75) is 26.2 Å². The van der Waals surface area contributed by atoms with Crippen LogP contribution in [0.3, 0.4) is 0 Å². The minimum absolute atomic E-state index is 0.228. The van der Waals surface area contributed by atoms with Crippen LogP contribution < -0.4 is 14.2 Å². The van der Waals surface area contributed by atoms with E-state index in [0.29, 0.717) is 18.8 Å². The molecule has 0 aliphatic carbocycles. The fourth-order valence-electron chi connectivity index (χ4n) is 2.74. The molecule has 0 N–H and O–H groups in total. The van der Waals surface area contributed by atoms with Gasteiger partial charge in [0.25, 0.3) is 0 Å². The predicted molar refractivity (Wildman–Crippen MR) is 86.9 cm³/mol. The Morgan fingerprint density at radius 3 is 2.61 bits per heavy atom. The molecule has 1 aliphatic rings. The van der Waals surface area contributed by atoms with Crippen molar-refractivity contribution >= 4 is 0 Å². The van der Waals surface area contributed by atoms with E-state index in [1.165, 1.54) is 0 Å². The van der Waals surface area contributed by atoms with E-state index in [9.17, 15) is 5.26 Å². The normalized spacial score (nSPS) is 13.4. The van der Waals surface area contributed by atoms with E-state index in [1.54, 1.807) is 0 Å². The molecule has 0 radical (unpaired) electrons. The molecule has 2 aromatic carbocycles. The third-order valence-electron chi connectivity index (χ3n) is 4.02. The van der Waals surface area contributed by atoms with E-state index >= 15 is 0 Å². The van der Waals surface area contributed by atoms with Gasteiger partial charge >= 0.3 is 0 Å². The SMILES string of the molecule is Cc1cccc(C)c1OCCC(C#N)c1ccc2c(c1)OCO2. The largest absolute Gasteiger partial charge is 0.493 e. The summed E-state index contributed by atoms with van der Waals surface area (Å²) in [5.41, 5.74) is 3.16. The molecule has 1 heterocycles. The van der Waals surface area contributed by atoms with E-state index in [-0.39, 0.29) is 12.7 Å². The maximum absolute atomic E-state index is 9.46. The number of ether oxygens (including phenoxy) is 3. The Bertz CT molecular complexity index is 729. The van der Waals surface area contributed by atoms with Gasteiger partial charge < -0.3 is 14.2 Å². The molecule has 4 heteroatoms. The summed E-state index contributed by atoms with van der Waals surface area (Å²) < 4.78 is 16.6. The Kier molecular flexibility index (Phi) is 4.38. The van der Waals surface area contributed by atoms with E-state index in [0.717, 1.165) is 28.2 Å². The summed E-state index contributed by atoms with van der Waals surface area (Å²) in [6, 6.07) is 14.1. The summed E-state index contributed by atoms with van der Waals surface area (Å²) in [6.45, 7) is 4.80. The van der Waals surface area contributed by atoms with E-state index in [1.807, 2.05) is 50.2 Å². The van der Waals surface area contributed by atoms with Gasteiger partial charge in [0.1, 0.15) is 5.75 Å². The van der Waals surface area contributed by atoms with E-state index in [4.69, 9.17) is 14.2 Å². The first-order valence-electron chi connectivity index (χ1n) is 7.67. The average molecular weight is 309 g/mol. The van der Waals surface area contributed by atoms with Crippen molar-refractivity contribution in [2.24, 2.45) is 0 Å². The van der Waals surface area contributed by atoms with Crippen LogP contribution in [0.5, 0.6) is 17.2 Å². The molecule has 2 aromatic rings. The number of aryl methyl sites for hydroxylation is 2. The summed E-state index contributed by atoms with van der Waals surface area (Å²) >= 11 is 0. The molecule has 1 aliphatic heterocycles. The predicted octanol–water partition coefficient (Wildman–Crippen LogP) is 4.11. The minimum atomic E-state index is -0.228. The van der Waals surface area contributed by atoms with Crippen molar-refractivity contribution in [1.29, 1.82) is 5.26 Å². The van der Waals surface area contributed by atoms with Crippen LogP contribution in [0.15, 0.2) is 36.4 Å². The molecule has 1 unspecified atom stereocenters. The lowest BCUT2D eigenvalue weighted by molar-refractivity contribution is 0.174. The molecule has 118 valence electrons. The number of benzene rings is 2. The molecule has 4 nitrogen and oxygen atoms in total. The standard InChI is InChI=1S/C19H19NO3/c1-13-4-3-5-14(2)19(13)21-9-8-16(11-20)15-6-7-17-18(10-15)23-12-22-17/h3-7,10,16H,8-9,12H2,1-2H3. The van der Waals surface area contributed by atoms with Gasteiger partial charge in [-0.1, -0.05) is 24.3 Å². The lowest BCUT2D eigenvalue weighted by atomic mass is 9.97. The zero-order valence-corrected chi connectivity index (χ0v) is 13.3. The quantitative estimate of drug-likeness (QED) is 0.834. The zero-order chi connectivity index (χ0) is 16.2. The molecule has 0 amide bonds. The minimum Gasteiger partial charge on any atom is -0.493 e. The molecule has 0 saturated carbocycles. The Morgan fingerprint density at radius 2 is 1.87 bits per heavy atom. The van der Waals surface area contributed by atoms with Crippen LogP contribution >= 0.6 is 0 Å². The van der Waals surface area contributed by atoms with Crippen molar-refractivity contribution in [3.63, 3.8) is 0 Å². The van der Waals surface area contributed by atoms with Gasteiger partial charge in [-0.25, -0.2) is 0 Å². The van der Waals surface area contributed by atoms with Gasteiger partial charge in [0, 0.05) is 6.42 Å². The Labute approximate surface area is 136 Å². The Hall–Kier alpha value is -2.67. The fourth-order valence-corrected chi connectivity index (χ4v) is 2.74. The number of hydrogen-bond acceptors (Lipinski definition) is 4. The van der Waals surface area contributed by atoms with Gasteiger partial charge in [-0.15, -0.1) is 0 Å².